The first-order valence-corrected chi connectivity index (χ1v) is 15.3. The molecule has 0 bridgehead atoms. The summed E-state index contributed by atoms with van der Waals surface area (Å²) in [5.74, 6) is 0. The molecule has 0 aliphatic rings. The summed E-state index contributed by atoms with van der Waals surface area (Å²) in [5, 5.41) is 0. The van der Waals surface area contributed by atoms with Gasteiger partial charge < -0.3 is 4.98 Å². The predicted octanol–water partition coefficient (Wildman–Crippen LogP) is 10.3. The van der Waals surface area contributed by atoms with Crippen LogP contribution < -0.4 is 0 Å². The molecule has 0 spiro atoms. The monoisotopic (exact) mass is 777 g/mol. The van der Waals surface area contributed by atoms with Crippen molar-refractivity contribution in [3.8, 4) is 55.5 Å². The zero-order valence-corrected chi connectivity index (χ0v) is 28.4. The molecule has 4 heterocycles. The molecule has 7 aromatic rings. The Morgan fingerprint density at radius 2 is 1.13 bits per heavy atom. The number of aromatic nitrogens is 3. The van der Waals surface area contributed by atoms with Gasteiger partial charge in [-0.15, -0.1) is 89.5 Å². The van der Waals surface area contributed by atoms with Crippen LogP contribution in [0, 0.1) is 39.0 Å². The second-order valence-electron chi connectivity index (χ2n) is 10.4. The van der Waals surface area contributed by atoms with Gasteiger partial charge in [-0.2, -0.15) is 11.3 Å². The van der Waals surface area contributed by atoms with Crippen molar-refractivity contribution in [2.75, 3.05) is 0 Å². The predicted molar refractivity (Wildman–Crippen MR) is 182 cm³/mol. The normalized spacial score (nSPS) is 10.4. The van der Waals surface area contributed by atoms with Crippen LogP contribution in [0.25, 0.3) is 55.5 Å². The van der Waals surface area contributed by atoms with Gasteiger partial charge in [-0.25, -0.2) is 0 Å². The summed E-state index contributed by atoms with van der Waals surface area (Å²) >= 11 is 1.83. The molecule has 0 atom stereocenters. The van der Waals surface area contributed by atoms with E-state index < -0.39 is 0 Å². The van der Waals surface area contributed by atoms with Crippen molar-refractivity contribution in [1.29, 1.82) is 0 Å². The van der Waals surface area contributed by atoms with Gasteiger partial charge in [0, 0.05) is 28.7 Å². The number of pyridine rings is 3. The van der Waals surface area contributed by atoms with E-state index >= 15 is 0 Å². The largest absolute Gasteiger partial charge is 3.00 e. The number of aryl methyl sites for hydroxylation is 3. The molecule has 0 unspecified atom stereocenters. The summed E-state index contributed by atoms with van der Waals surface area (Å²) < 4.78 is 0. The van der Waals surface area contributed by atoms with Crippen LogP contribution in [-0.4, -0.2) is 15.0 Å². The standard InChI is InChI=1S/C24H19NS.C16H11N2.Ir/c1-16-7-9-19(10-8-16)22-5-4-6-23(25-22)20-11-13-21(14-12-20)24-15-17(2)18(3)26-24;1-3-10-17-15(8-1)13-6-5-7-14(12-13)16-9-2-4-11-18-16;/h4-9,11,13-15H,1-3H3;1-11H;/q-2;-1;+3. The molecule has 0 saturated heterocycles. The van der Waals surface area contributed by atoms with Gasteiger partial charge in [0.2, 0.25) is 0 Å². The van der Waals surface area contributed by atoms with Crippen LogP contribution in [-0.2, 0) is 20.1 Å². The molecule has 45 heavy (non-hydrogen) atoms. The molecular weight excluding hydrogens is 747 g/mol. The first-order chi connectivity index (χ1) is 21.5. The van der Waals surface area contributed by atoms with Gasteiger partial charge in [-0.1, -0.05) is 66.1 Å². The number of hydrogen-bond donors (Lipinski definition) is 0. The van der Waals surface area contributed by atoms with Crippen LogP contribution in [0.4, 0.5) is 0 Å². The van der Waals surface area contributed by atoms with Crippen molar-refractivity contribution >= 4 is 11.3 Å². The Hall–Kier alpha value is -4.54. The number of thiophene rings is 1. The summed E-state index contributed by atoms with van der Waals surface area (Å²) in [6, 6.07) is 48.6. The van der Waals surface area contributed by atoms with Crippen LogP contribution in [0.15, 0.2) is 128 Å². The van der Waals surface area contributed by atoms with Crippen LogP contribution >= 0.6 is 11.3 Å². The van der Waals surface area contributed by atoms with Crippen LogP contribution in [0.3, 0.4) is 0 Å². The Morgan fingerprint density at radius 1 is 0.556 bits per heavy atom. The molecule has 0 fully saturated rings. The zero-order valence-electron chi connectivity index (χ0n) is 25.2. The van der Waals surface area contributed by atoms with Crippen molar-refractivity contribution in [3.63, 3.8) is 0 Å². The van der Waals surface area contributed by atoms with Crippen LogP contribution in [0.1, 0.15) is 16.0 Å². The van der Waals surface area contributed by atoms with E-state index in [4.69, 9.17) is 4.98 Å². The SMILES string of the molecule is Cc1c[c-]c(-c2cccc(-c3[c-]cc(-c4cc(C)c(C)s4)cc3)n2)cc1.[Ir+3].[c-]1c(-c2ccccn2)cccc1-c1ccccn1. The van der Waals surface area contributed by atoms with E-state index in [1.807, 2.05) is 90.2 Å². The summed E-state index contributed by atoms with van der Waals surface area (Å²) in [7, 11) is 0. The minimum Gasteiger partial charge on any atom is -0.345 e. The van der Waals surface area contributed by atoms with E-state index in [-0.39, 0.29) is 20.1 Å². The Labute approximate surface area is 283 Å². The molecule has 0 saturated carbocycles. The Morgan fingerprint density at radius 3 is 1.62 bits per heavy atom. The molecule has 0 radical (unpaired) electrons. The van der Waals surface area contributed by atoms with E-state index in [9.17, 15) is 0 Å². The first kappa shape index (κ1) is 31.9. The van der Waals surface area contributed by atoms with Crippen molar-refractivity contribution in [2.45, 2.75) is 20.8 Å². The fraction of sp³-hybridized carbons (Fsp3) is 0.0750. The molecule has 0 aliphatic carbocycles. The third kappa shape index (κ3) is 7.95. The summed E-state index contributed by atoms with van der Waals surface area (Å²) in [6.07, 6.45) is 3.58. The third-order valence-corrected chi connectivity index (χ3v) is 8.41. The maximum absolute atomic E-state index is 4.80. The molecule has 0 N–H and O–H groups in total. The van der Waals surface area contributed by atoms with Crippen molar-refractivity contribution in [1.82, 2.24) is 15.0 Å². The van der Waals surface area contributed by atoms with Crippen molar-refractivity contribution in [2.24, 2.45) is 0 Å². The second kappa shape index (κ2) is 15.0. The van der Waals surface area contributed by atoms with E-state index in [2.05, 4.69) is 85.3 Å². The topological polar surface area (TPSA) is 38.7 Å². The number of rotatable bonds is 5. The van der Waals surface area contributed by atoms with Gasteiger partial charge in [0.1, 0.15) is 0 Å². The molecule has 7 rings (SSSR count). The quantitative estimate of drug-likeness (QED) is 0.164. The van der Waals surface area contributed by atoms with Gasteiger partial charge in [-0.05, 0) is 53.9 Å². The summed E-state index contributed by atoms with van der Waals surface area (Å²) in [5.41, 5.74) is 11.5. The molecule has 0 aliphatic heterocycles. The van der Waals surface area contributed by atoms with Crippen molar-refractivity contribution < 1.29 is 20.1 Å². The van der Waals surface area contributed by atoms with E-state index in [1.165, 1.54) is 26.4 Å². The van der Waals surface area contributed by atoms with E-state index in [0.29, 0.717) is 0 Å². The summed E-state index contributed by atoms with van der Waals surface area (Å²) in [6.45, 7) is 6.39. The minimum atomic E-state index is 0. The molecule has 4 aromatic heterocycles. The maximum atomic E-state index is 4.80. The molecule has 5 heteroatoms. The Bertz CT molecular complexity index is 1890. The average molecular weight is 777 g/mol. The Balaban J connectivity index is 0.000000185. The molecule has 3 aromatic carbocycles. The fourth-order valence-electron chi connectivity index (χ4n) is 4.66. The average Bonchev–Trinajstić information content (AvgIpc) is 3.44. The van der Waals surface area contributed by atoms with Crippen molar-refractivity contribution in [3.05, 3.63) is 162 Å². The molecular formula is C40H30IrN3S. The number of hydrogen-bond acceptors (Lipinski definition) is 4. The number of nitrogens with zero attached hydrogens (tertiary/aromatic N) is 3. The van der Waals surface area contributed by atoms with E-state index in [0.717, 1.165) is 45.0 Å². The van der Waals surface area contributed by atoms with Gasteiger partial charge >= 0.3 is 20.1 Å². The minimum absolute atomic E-state index is 0. The Kier molecular flexibility index (Phi) is 10.6. The third-order valence-electron chi connectivity index (χ3n) is 7.21. The van der Waals surface area contributed by atoms with Crippen LogP contribution in [0.5, 0.6) is 0 Å². The number of benzene rings is 3. The smallest absolute Gasteiger partial charge is 0.345 e. The molecule has 220 valence electrons. The summed E-state index contributed by atoms with van der Waals surface area (Å²) in [4.78, 5) is 16.1. The fourth-order valence-corrected chi connectivity index (χ4v) is 5.69. The molecule has 0 amide bonds. The van der Waals surface area contributed by atoms with Gasteiger partial charge in [0.25, 0.3) is 0 Å². The van der Waals surface area contributed by atoms with Crippen LogP contribution in [0.2, 0.25) is 0 Å². The zero-order chi connectivity index (χ0) is 30.3. The maximum Gasteiger partial charge on any atom is 3.00 e. The van der Waals surface area contributed by atoms with Gasteiger partial charge in [0.15, 0.2) is 0 Å². The molecule has 3 nitrogen and oxygen atoms in total. The first-order valence-electron chi connectivity index (χ1n) is 14.4. The second-order valence-corrected chi connectivity index (χ2v) is 11.7. The van der Waals surface area contributed by atoms with Gasteiger partial charge in [-0.3, -0.25) is 9.97 Å². The van der Waals surface area contributed by atoms with E-state index in [1.54, 1.807) is 12.4 Å². The van der Waals surface area contributed by atoms with Gasteiger partial charge in [0.05, 0.1) is 0 Å².